The molecule has 1 amide bonds. The molecule has 3 nitrogen and oxygen atoms in total. The number of nitrogens with one attached hydrogen (secondary N) is 2. The monoisotopic (exact) mass is 268 g/mol. The molecule has 0 saturated heterocycles. The Labute approximate surface area is 118 Å². The zero-order valence-corrected chi connectivity index (χ0v) is 13.2. The second-order valence-corrected chi connectivity index (χ2v) is 6.41. The van der Waals surface area contributed by atoms with Crippen LogP contribution in [0.3, 0.4) is 0 Å². The minimum Gasteiger partial charge on any atom is -0.353 e. The van der Waals surface area contributed by atoms with E-state index in [9.17, 15) is 4.79 Å². The van der Waals surface area contributed by atoms with Gasteiger partial charge in [0.1, 0.15) is 0 Å². The molecule has 0 spiro atoms. The second kappa shape index (κ2) is 8.57. The molecule has 1 fully saturated rings. The minimum absolute atomic E-state index is 0.0740. The molecule has 3 heteroatoms. The van der Waals surface area contributed by atoms with E-state index in [0.717, 1.165) is 5.92 Å². The molecule has 19 heavy (non-hydrogen) atoms. The van der Waals surface area contributed by atoms with Crippen molar-refractivity contribution in [2.24, 2.45) is 5.92 Å². The van der Waals surface area contributed by atoms with Gasteiger partial charge in [0.15, 0.2) is 0 Å². The van der Waals surface area contributed by atoms with Crippen LogP contribution in [-0.4, -0.2) is 24.0 Å². The van der Waals surface area contributed by atoms with Crippen LogP contribution >= 0.6 is 0 Å². The van der Waals surface area contributed by atoms with Gasteiger partial charge in [0, 0.05) is 12.1 Å². The van der Waals surface area contributed by atoms with Gasteiger partial charge < -0.3 is 10.6 Å². The lowest BCUT2D eigenvalue weighted by molar-refractivity contribution is -0.123. The highest BCUT2D eigenvalue weighted by Crippen LogP contribution is 2.26. The quantitative estimate of drug-likeness (QED) is 0.726. The van der Waals surface area contributed by atoms with E-state index in [1.54, 1.807) is 0 Å². The summed E-state index contributed by atoms with van der Waals surface area (Å²) in [6.45, 7) is 8.27. The van der Waals surface area contributed by atoms with Crippen molar-refractivity contribution in [3.05, 3.63) is 0 Å². The van der Waals surface area contributed by atoms with E-state index in [4.69, 9.17) is 0 Å². The predicted octanol–water partition coefficient (Wildman–Crippen LogP) is 3.24. The fraction of sp³-hybridized carbons (Fsp3) is 0.938. The van der Waals surface area contributed by atoms with Crippen LogP contribution < -0.4 is 10.6 Å². The fourth-order valence-electron chi connectivity index (χ4n) is 3.08. The summed E-state index contributed by atoms with van der Waals surface area (Å²) in [5.74, 6) is 1.04. The highest BCUT2D eigenvalue weighted by Gasteiger charge is 2.22. The molecule has 1 aliphatic rings. The molecule has 1 rings (SSSR count). The number of amides is 1. The maximum Gasteiger partial charge on any atom is 0.237 e. The molecule has 112 valence electrons. The smallest absolute Gasteiger partial charge is 0.237 e. The topological polar surface area (TPSA) is 41.1 Å². The van der Waals surface area contributed by atoms with E-state index in [1.807, 2.05) is 20.8 Å². The van der Waals surface area contributed by atoms with Gasteiger partial charge in [-0.1, -0.05) is 32.6 Å². The number of hydrogen-bond acceptors (Lipinski definition) is 2. The summed E-state index contributed by atoms with van der Waals surface area (Å²) in [6.07, 6.45) is 9.12. The van der Waals surface area contributed by atoms with Gasteiger partial charge in [-0.2, -0.15) is 0 Å². The van der Waals surface area contributed by atoms with E-state index in [0.29, 0.717) is 6.04 Å². The molecule has 1 saturated carbocycles. The van der Waals surface area contributed by atoms with E-state index < -0.39 is 0 Å². The Bertz CT molecular complexity index is 265. The van der Waals surface area contributed by atoms with Crippen molar-refractivity contribution < 1.29 is 4.79 Å². The standard InChI is InChI=1S/C16H32N2O/c1-5-7-14-8-6-9-15(11-10-14)18-13(4)16(19)17-12(2)3/h12-15,18H,5-11H2,1-4H3,(H,17,19). The van der Waals surface area contributed by atoms with Crippen LogP contribution in [0.5, 0.6) is 0 Å². The average Bonchev–Trinajstić information content (AvgIpc) is 2.54. The summed E-state index contributed by atoms with van der Waals surface area (Å²) in [7, 11) is 0. The van der Waals surface area contributed by atoms with Crippen LogP contribution in [0.1, 0.15) is 72.6 Å². The number of carbonyl (C=O) groups is 1. The van der Waals surface area contributed by atoms with Gasteiger partial charge in [0.05, 0.1) is 6.04 Å². The molecule has 0 aromatic carbocycles. The highest BCUT2D eigenvalue weighted by atomic mass is 16.2. The van der Waals surface area contributed by atoms with Crippen molar-refractivity contribution in [3.63, 3.8) is 0 Å². The number of hydrogen-bond donors (Lipinski definition) is 2. The molecular formula is C16H32N2O. The summed E-state index contributed by atoms with van der Waals surface area (Å²) < 4.78 is 0. The first-order valence-electron chi connectivity index (χ1n) is 8.09. The summed E-state index contributed by atoms with van der Waals surface area (Å²) in [4.78, 5) is 11.9. The Morgan fingerprint density at radius 3 is 2.53 bits per heavy atom. The molecule has 0 aromatic rings. The van der Waals surface area contributed by atoms with Gasteiger partial charge in [-0.3, -0.25) is 4.79 Å². The van der Waals surface area contributed by atoms with Crippen molar-refractivity contribution in [1.29, 1.82) is 0 Å². The first kappa shape index (κ1) is 16.5. The maximum absolute atomic E-state index is 11.9. The van der Waals surface area contributed by atoms with Gasteiger partial charge in [-0.05, 0) is 46.0 Å². The Kier molecular flexibility index (Phi) is 7.44. The molecule has 2 N–H and O–H groups in total. The molecule has 3 unspecified atom stereocenters. The Hall–Kier alpha value is -0.570. The maximum atomic E-state index is 11.9. The van der Waals surface area contributed by atoms with Gasteiger partial charge in [-0.25, -0.2) is 0 Å². The van der Waals surface area contributed by atoms with E-state index in [1.165, 1.54) is 44.9 Å². The summed E-state index contributed by atoms with van der Waals surface area (Å²) >= 11 is 0. The third-order valence-corrected chi connectivity index (χ3v) is 4.10. The predicted molar refractivity (Wildman–Crippen MR) is 81.1 cm³/mol. The summed E-state index contributed by atoms with van der Waals surface area (Å²) in [5, 5.41) is 6.49. The molecule has 0 heterocycles. The van der Waals surface area contributed by atoms with Crippen LogP contribution in [0.15, 0.2) is 0 Å². The minimum atomic E-state index is -0.0740. The number of rotatable bonds is 6. The van der Waals surface area contributed by atoms with Crippen LogP contribution in [0, 0.1) is 5.92 Å². The highest BCUT2D eigenvalue weighted by molar-refractivity contribution is 5.81. The van der Waals surface area contributed by atoms with Crippen LogP contribution in [0.2, 0.25) is 0 Å². The first-order chi connectivity index (χ1) is 9.02. The molecule has 0 bridgehead atoms. The third kappa shape index (κ3) is 6.42. The van der Waals surface area contributed by atoms with Crippen molar-refractivity contribution >= 4 is 5.91 Å². The van der Waals surface area contributed by atoms with Gasteiger partial charge in [-0.15, -0.1) is 0 Å². The SMILES string of the molecule is CCCC1CCCC(NC(C)C(=O)NC(C)C)CC1. The molecule has 0 aromatic heterocycles. The zero-order chi connectivity index (χ0) is 14.3. The van der Waals surface area contributed by atoms with E-state index in [-0.39, 0.29) is 18.0 Å². The van der Waals surface area contributed by atoms with Crippen molar-refractivity contribution in [2.45, 2.75) is 90.8 Å². The largest absolute Gasteiger partial charge is 0.353 e. The first-order valence-corrected chi connectivity index (χ1v) is 8.09. The summed E-state index contributed by atoms with van der Waals surface area (Å²) in [6, 6.07) is 0.671. The third-order valence-electron chi connectivity index (χ3n) is 4.10. The molecule has 1 aliphatic carbocycles. The van der Waals surface area contributed by atoms with Gasteiger partial charge >= 0.3 is 0 Å². The Morgan fingerprint density at radius 2 is 1.89 bits per heavy atom. The lowest BCUT2D eigenvalue weighted by Crippen LogP contribution is -2.48. The van der Waals surface area contributed by atoms with Crippen LogP contribution in [0.4, 0.5) is 0 Å². The van der Waals surface area contributed by atoms with Crippen LogP contribution in [-0.2, 0) is 4.79 Å². The number of carbonyl (C=O) groups excluding carboxylic acids is 1. The Balaban J connectivity index is 2.34. The van der Waals surface area contributed by atoms with Crippen LogP contribution in [0.25, 0.3) is 0 Å². The van der Waals surface area contributed by atoms with E-state index >= 15 is 0 Å². The lowest BCUT2D eigenvalue weighted by Gasteiger charge is -2.22. The zero-order valence-electron chi connectivity index (χ0n) is 13.2. The second-order valence-electron chi connectivity index (χ2n) is 6.41. The van der Waals surface area contributed by atoms with Crippen molar-refractivity contribution in [2.75, 3.05) is 0 Å². The van der Waals surface area contributed by atoms with Gasteiger partial charge in [0.2, 0.25) is 5.91 Å². The molecule has 0 aliphatic heterocycles. The Morgan fingerprint density at radius 1 is 1.16 bits per heavy atom. The molecule has 3 atom stereocenters. The summed E-state index contributed by atoms with van der Waals surface area (Å²) in [5.41, 5.74) is 0. The van der Waals surface area contributed by atoms with E-state index in [2.05, 4.69) is 17.6 Å². The lowest BCUT2D eigenvalue weighted by atomic mass is 9.95. The normalized spacial score (nSPS) is 25.9. The average molecular weight is 268 g/mol. The molecular weight excluding hydrogens is 236 g/mol. The van der Waals surface area contributed by atoms with Crippen molar-refractivity contribution in [1.82, 2.24) is 10.6 Å². The molecule has 0 radical (unpaired) electrons. The van der Waals surface area contributed by atoms with Gasteiger partial charge in [0.25, 0.3) is 0 Å². The van der Waals surface area contributed by atoms with Crippen molar-refractivity contribution in [3.8, 4) is 0 Å². The fourth-order valence-corrected chi connectivity index (χ4v) is 3.08.